The number of hydrogen-bond donors (Lipinski definition) is 2. The van der Waals surface area contributed by atoms with Crippen LogP contribution in [-0.2, 0) is 6.54 Å². The first kappa shape index (κ1) is 21.7. The molecule has 0 saturated carbocycles. The second-order valence-electron chi connectivity index (χ2n) is 7.71. The third-order valence-corrected chi connectivity index (χ3v) is 5.15. The number of nitrogens with zero attached hydrogens (tertiary/aromatic N) is 3. The van der Waals surface area contributed by atoms with E-state index in [4.69, 9.17) is 4.99 Å². The monoisotopic (exact) mass is 373 g/mol. The first-order valence-corrected chi connectivity index (χ1v) is 10.7. The van der Waals surface area contributed by atoms with Gasteiger partial charge in [0.25, 0.3) is 0 Å². The third kappa shape index (κ3) is 9.25. The Morgan fingerprint density at radius 1 is 0.963 bits per heavy atom. The van der Waals surface area contributed by atoms with Crippen molar-refractivity contribution in [3.8, 4) is 0 Å². The summed E-state index contributed by atoms with van der Waals surface area (Å²) >= 11 is 0. The molecule has 27 heavy (non-hydrogen) atoms. The van der Waals surface area contributed by atoms with Crippen LogP contribution in [0.3, 0.4) is 0 Å². The Morgan fingerprint density at radius 3 is 2.30 bits per heavy atom. The second-order valence-corrected chi connectivity index (χ2v) is 7.71. The summed E-state index contributed by atoms with van der Waals surface area (Å²) in [5.74, 6) is 0.948. The summed E-state index contributed by atoms with van der Waals surface area (Å²) in [4.78, 5) is 9.77. The summed E-state index contributed by atoms with van der Waals surface area (Å²) in [6.07, 6.45) is 4.81. The van der Waals surface area contributed by atoms with Crippen LogP contribution < -0.4 is 10.6 Å². The minimum atomic E-state index is 0.725. The number of rotatable bonds is 10. The van der Waals surface area contributed by atoms with Crippen LogP contribution in [0.25, 0.3) is 0 Å². The number of benzene rings is 1. The molecule has 0 radical (unpaired) electrons. The van der Waals surface area contributed by atoms with Gasteiger partial charge in [0.2, 0.25) is 0 Å². The molecule has 0 aliphatic carbocycles. The predicted octanol–water partition coefficient (Wildman–Crippen LogP) is 2.86. The minimum Gasteiger partial charge on any atom is -0.356 e. The van der Waals surface area contributed by atoms with E-state index in [1.165, 1.54) is 69.5 Å². The van der Waals surface area contributed by atoms with E-state index in [0.29, 0.717) is 0 Å². The van der Waals surface area contributed by atoms with Crippen LogP contribution in [0.4, 0.5) is 0 Å². The van der Waals surface area contributed by atoms with Gasteiger partial charge in [0, 0.05) is 39.3 Å². The highest BCUT2D eigenvalue weighted by atomic mass is 15.2. The molecule has 0 bridgehead atoms. The Labute approximate surface area is 166 Å². The maximum absolute atomic E-state index is 4.77. The summed E-state index contributed by atoms with van der Waals surface area (Å²) in [7, 11) is 2.21. The molecule has 2 rings (SSSR count). The van der Waals surface area contributed by atoms with Gasteiger partial charge in [0.1, 0.15) is 0 Å². The van der Waals surface area contributed by atoms with Crippen LogP contribution >= 0.6 is 0 Å². The quantitative estimate of drug-likeness (QED) is 0.376. The van der Waals surface area contributed by atoms with Gasteiger partial charge in [-0.25, -0.2) is 4.99 Å². The molecule has 1 fully saturated rings. The lowest BCUT2D eigenvalue weighted by Gasteiger charge is -2.32. The molecule has 0 aromatic heterocycles. The first-order chi connectivity index (χ1) is 13.2. The van der Waals surface area contributed by atoms with Gasteiger partial charge < -0.3 is 20.4 Å². The van der Waals surface area contributed by atoms with Crippen molar-refractivity contribution in [2.45, 2.75) is 46.1 Å². The van der Waals surface area contributed by atoms with Crippen molar-refractivity contribution in [2.75, 3.05) is 52.9 Å². The van der Waals surface area contributed by atoms with Gasteiger partial charge in [0.05, 0.1) is 6.54 Å². The zero-order chi connectivity index (χ0) is 19.3. The number of aryl methyl sites for hydroxylation is 1. The summed E-state index contributed by atoms with van der Waals surface area (Å²) in [5.41, 5.74) is 2.55. The number of likely N-dealkylation sites (N-methyl/N-ethyl adjacent to an activating group) is 1. The van der Waals surface area contributed by atoms with E-state index in [1.54, 1.807) is 0 Å². The van der Waals surface area contributed by atoms with Gasteiger partial charge in [-0.15, -0.1) is 0 Å². The largest absolute Gasteiger partial charge is 0.356 e. The molecule has 2 N–H and O–H groups in total. The van der Waals surface area contributed by atoms with Crippen molar-refractivity contribution >= 4 is 5.96 Å². The smallest absolute Gasteiger partial charge is 0.191 e. The number of guanidine groups is 1. The predicted molar refractivity (Wildman–Crippen MR) is 116 cm³/mol. The number of piperazine rings is 1. The normalized spacial score (nSPS) is 16.5. The highest BCUT2D eigenvalue weighted by molar-refractivity contribution is 5.79. The Bertz CT molecular complexity index is 532. The number of hydrogen-bond acceptors (Lipinski definition) is 3. The van der Waals surface area contributed by atoms with E-state index in [1.807, 2.05) is 0 Å². The van der Waals surface area contributed by atoms with Crippen LogP contribution in [-0.4, -0.2) is 68.6 Å². The number of aliphatic imine (C=N–C) groups is 1. The van der Waals surface area contributed by atoms with Gasteiger partial charge in [-0.3, -0.25) is 0 Å². The molecule has 0 atom stereocenters. The van der Waals surface area contributed by atoms with Crippen LogP contribution in [0, 0.1) is 6.92 Å². The van der Waals surface area contributed by atoms with Gasteiger partial charge in [-0.2, -0.15) is 0 Å². The zero-order valence-electron chi connectivity index (χ0n) is 17.6. The standard InChI is InChI=1S/C22H39N5/c1-4-5-12-23-22(25-19-21-10-8-20(2)9-11-21)24-13-6-7-14-27-17-15-26(3)16-18-27/h8-11H,4-7,12-19H2,1-3H3,(H2,23,24,25). The zero-order valence-corrected chi connectivity index (χ0v) is 17.6. The lowest BCUT2D eigenvalue weighted by Crippen LogP contribution is -2.44. The topological polar surface area (TPSA) is 42.9 Å². The van der Waals surface area contributed by atoms with E-state index in [0.717, 1.165) is 25.6 Å². The maximum atomic E-state index is 4.77. The van der Waals surface area contributed by atoms with Crippen molar-refractivity contribution in [3.63, 3.8) is 0 Å². The molecule has 0 amide bonds. The number of unbranched alkanes of at least 4 members (excludes halogenated alkanes) is 2. The molecule has 152 valence electrons. The van der Waals surface area contributed by atoms with E-state index in [2.05, 4.69) is 65.6 Å². The fourth-order valence-electron chi connectivity index (χ4n) is 3.16. The van der Waals surface area contributed by atoms with E-state index in [-0.39, 0.29) is 0 Å². The lowest BCUT2D eigenvalue weighted by atomic mass is 10.1. The first-order valence-electron chi connectivity index (χ1n) is 10.7. The fraction of sp³-hybridized carbons (Fsp3) is 0.682. The summed E-state index contributed by atoms with van der Waals surface area (Å²) in [5, 5.41) is 6.99. The molecule has 5 heteroatoms. The van der Waals surface area contributed by atoms with Crippen LogP contribution in [0.15, 0.2) is 29.3 Å². The van der Waals surface area contributed by atoms with Crippen LogP contribution in [0.1, 0.15) is 43.7 Å². The van der Waals surface area contributed by atoms with Gasteiger partial charge >= 0.3 is 0 Å². The molecule has 0 unspecified atom stereocenters. The van der Waals surface area contributed by atoms with Gasteiger partial charge in [-0.05, 0) is 45.3 Å². The highest BCUT2D eigenvalue weighted by Crippen LogP contribution is 2.04. The van der Waals surface area contributed by atoms with Crippen molar-refractivity contribution in [2.24, 2.45) is 4.99 Å². The van der Waals surface area contributed by atoms with Crippen LogP contribution in [0.2, 0.25) is 0 Å². The van der Waals surface area contributed by atoms with Crippen molar-refractivity contribution in [1.29, 1.82) is 0 Å². The average Bonchev–Trinajstić information content (AvgIpc) is 2.68. The molecule has 1 aromatic rings. The fourth-order valence-corrected chi connectivity index (χ4v) is 3.16. The van der Waals surface area contributed by atoms with Gasteiger partial charge in [0.15, 0.2) is 5.96 Å². The van der Waals surface area contributed by atoms with Crippen LogP contribution in [0.5, 0.6) is 0 Å². The third-order valence-electron chi connectivity index (χ3n) is 5.15. The summed E-state index contributed by atoms with van der Waals surface area (Å²) in [6.45, 7) is 13.1. The van der Waals surface area contributed by atoms with Crippen molar-refractivity contribution in [1.82, 2.24) is 20.4 Å². The van der Waals surface area contributed by atoms with E-state index >= 15 is 0 Å². The lowest BCUT2D eigenvalue weighted by molar-refractivity contribution is 0.152. The Morgan fingerprint density at radius 2 is 1.63 bits per heavy atom. The molecular weight excluding hydrogens is 334 g/mol. The van der Waals surface area contributed by atoms with E-state index < -0.39 is 0 Å². The van der Waals surface area contributed by atoms with Gasteiger partial charge in [-0.1, -0.05) is 43.2 Å². The minimum absolute atomic E-state index is 0.725. The highest BCUT2D eigenvalue weighted by Gasteiger charge is 2.12. The Kier molecular flexibility index (Phi) is 10.2. The molecule has 1 heterocycles. The summed E-state index contributed by atoms with van der Waals surface area (Å²) in [6, 6.07) is 8.64. The van der Waals surface area contributed by atoms with Crippen molar-refractivity contribution < 1.29 is 0 Å². The molecule has 1 aliphatic heterocycles. The molecule has 1 saturated heterocycles. The summed E-state index contributed by atoms with van der Waals surface area (Å²) < 4.78 is 0. The number of nitrogens with one attached hydrogen (secondary N) is 2. The maximum Gasteiger partial charge on any atom is 0.191 e. The van der Waals surface area contributed by atoms with E-state index in [9.17, 15) is 0 Å². The van der Waals surface area contributed by atoms with Crippen molar-refractivity contribution in [3.05, 3.63) is 35.4 Å². The Hall–Kier alpha value is -1.59. The molecule has 1 aromatic carbocycles. The average molecular weight is 374 g/mol. The molecule has 1 aliphatic rings. The molecular formula is C22H39N5. The SMILES string of the molecule is CCCCNC(=NCc1ccc(C)cc1)NCCCCN1CCN(C)CC1. The second kappa shape index (κ2) is 12.7. The Balaban J connectivity index is 1.69. The molecule has 0 spiro atoms. The molecule has 5 nitrogen and oxygen atoms in total.